The monoisotopic (exact) mass is 451 g/mol. The van der Waals surface area contributed by atoms with E-state index in [1.54, 1.807) is 38.1 Å². The Hall–Kier alpha value is -4.34. The van der Waals surface area contributed by atoms with Crippen molar-refractivity contribution in [2.24, 2.45) is 5.92 Å². The quantitative estimate of drug-likeness (QED) is 0.407. The van der Waals surface area contributed by atoms with E-state index < -0.39 is 23.9 Å². The SMILES string of the molecule is CC(C)[C@H](NC(=O)OCc1ccccc1)C(=O)NNC(=O)c1nn(-c2ccccc2)cc1O. The number of rotatable bonds is 7. The van der Waals surface area contributed by atoms with E-state index in [2.05, 4.69) is 21.3 Å². The molecule has 0 aliphatic heterocycles. The summed E-state index contributed by atoms with van der Waals surface area (Å²) in [4.78, 5) is 37.1. The van der Waals surface area contributed by atoms with Crippen molar-refractivity contribution >= 4 is 17.9 Å². The highest BCUT2D eigenvalue weighted by Crippen LogP contribution is 2.17. The van der Waals surface area contributed by atoms with Gasteiger partial charge in [0.25, 0.3) is 11.8 Å². The Morgan fingerprint density at radius 1 is 1.00 bits per heavy atom. The molecule has 0 radical (unpaired) electrons. The molecule has 4 N–H and O–H groups in total. The molecule has 0 unspecified atom stereocenters. The average molecular weight is 451 g/mol. The molecule has 3 rings (SSSR count). The molecular weight excluding hydrogens is 426 g/mol. The Bertz CT molecular complexity index is 1100. The highest BCUT2D eigenvalue weighted by atomic mass is 16.5. The fraction of sp³-hybridized carbons (Fsp3) is 0.217. The fourth-order valence-electron chi connectivity index (χ4n) is 2.92. The summed E-state index contributed by atoms with van der Waals surface area (Å²) in [5.74, 6) is -2.12. The van der Waals surface area contributed by atoms with Crippen LogP contribution in [-0.4, -0.2) is 38.8 Å². The molecule has 3 amide bonds. The molecule has 0 saturated heterocycles. The van der Waals surface area contributed by atoms with Crippen molar-refractivity contribution in [3.05, 3.63) is 78.1 Å². The largest absolute Gasteiger partial charge is 0.504 e. The van der Waals surface area contributed by atoms with Crippen molar-refractivity contribution < 1.29 is 24.2 Å². The number of aromatic hydroxyl groups is 1. The fourth-order valence-corrected chi connectivity index (χ4v) is 2.92. The summed E-state index contributed by atoms with van der Waals surface area (Å²) in [6.45, 7) is 3.52. The van der Waals surface area contributed by atoms with Crippen molar-refractivity contribution in [2.75, 3.05) is 0 Å². The van der Waals surface area contributed by atoms with E-state index in [0.29, 0.717) is 5.69 Å². The minimum atomic E-state index is -0.968. The van der Waals surface area contributed by atoms with Crippen LogP contribution in [0.15, 0.2) is 66.9 Å². The van der Waals surface area contributed by atoms with E-state index >= 15 is 0 Å². The third-order valence-electron chi connectivity index (χ3n) is 4.67. The summed E-state index contributed by atoms with van der Waals surface area (Å²) in [5.41, 5.74) is 5.64. The van der Waals surface area contributed by atoms with Gasteiger partial charge in [0.05, 0.1) is 11.9 Å². The standard InChI is InChI=1S/C23H25N5O5/c1-15(2)19(24-23(32)33-14-16-9-5-3-6-10-16)21(30)25-26-22(31)20-18(29)13-28(27-20)17-11-7-4-8-12-17/h3-13,15,19,29H,14H2,1-2H3,(H,24,32)(H,25,30)(H,26,31)/t19-/m0/s1. The third-order valence-corrected chi connectivity index (χ3v) is 4.67. The van der Waals surface area contributed by atoms with Gasteiger partial charge in [-0.15, -0.1) is 0 Å². The van der Waals surface area contributed by atoms with Gasteiger partial charge in [0.1, 0.15) is 12.6 Å². The minimum absolute atomic E-state index is 0.0548. The first-order valence-corrected chi connectivity index (χ1v) is 10.3. The maximum absolute atomic E-state index is 12.6. The lowest BCUT2D eigenvalue weighted by atomic mass is 10.0. The number of ether oxygens (including phenoxy) is 1. The Labute approximate surface area is 190 Å². The summed E-state index contributed by atoms with van der Waals surface area (Å²) in [6, 6.07) is 17.1. The molecule has 10 heteroatoms. The van der Waals surface area contributed by atoms with Gasteiger partial charge < -0.3 is 15.2 Å². The summed E-state index contributed by atoms with van der Waals surface area (Å²) in [6.07, 6.45) is 0.520. The summed E-state index contributed by atoms with van der Waals surface area (Å²) in [7, 11) is 0. The van der Waals surface area contributed by atoms with Gasteiger partial charge in [-0.25, -0.2) is 9.48 Å². The summed E-state index contributed by atoms with van der Waals surface area (Å²) < 4.78 is 6.49. The van der Waals surface area contributed by atoms with E-state index in [-0.39, 0.29) is 24.0 Å². The van der Waals surface area contributed by atoms with E-state index in [4.69, 9.17) is 4.74 Å². The number of benzene rings is 2. The number of aromatic nitrogens is 2. The lowest BCUT2D eigenvalue weighted by molar-refractivity contribution is -0.124. The number of hydrogen-bond donors (Lipinski definition) is 4. The molecule has 2 aromatic carbocycles. The first-order valence-electron chi connectivity index (χ1n) is 10.3. The molecule has 1 heterocycles. The van der Waals surface area contributed by atoms with Gasteiger partial charge in [0.2, 0.25) is 0 Å². The van der Waals surface area contributed by atoms with Crippen LogP contribution in [0.2, 0.25) is 0 Å². The van der Waals surface area contributed by atoms with Gasteiger partial charge >= 0.3 is 6.09 Å². The zero-order chi connectivity index (χ0) is 23.8. The third kappa shape index (κ3) is 6.33. The Morgan fingerprint density at radius 2 is 1.64 bits per heavy atom. The Kier molecular flexibility index (Phi) is 7.64. The van der Waals surface area contributed by atoms with Crippen LogP contribution in [0.4, 0.5) is 4.79 Å². The number of alkyl carbamates (subject to hydrolysis) is 1. The second kappa shape index (κ2) is 10.8. The highest BCUT2D eigenvalue weighted by Gasteiger charge is 2.26. The zero-order valence-corrected chi connectivity index (χ0v) is 18.2. The van der Waals surface area contributed by atoms with Crippen LogP contribution in [0.1, 0.15) is 29.9 Å². The van der Waals surface area contributed by atoms with Crippen LogP contribution < -0.4 is 16.2 Å². The van der Waals surface area contributed by atoms with E-state index in [1.165, 1.54) is 10.9 Å². The van der Waals surface area contributed by atoms with Crippen molar-refractivity contribution in [1.82, 2.24) is 25.9 Å². The number of para-hydroxylation sites is 1. The molecule has 0 aliphatic carbocycles. The van der Waals surface area contributed by atoms with Gasteiger partial charge in [0.15, 0.2) is 11.4 Å². The predicted octanol–water partition coefficient (Wildman–Crippen LogP) is 2.29. The van der Waals surface area contributed by atoms with Crippen molar-refractivity contribution in [3.8, 4) is 11.4 Å². The number of carbonyl (C=O) groups excluding carboxylic acids is 3. The molecule has 33 heavy (non-hydrogen) atoms. The number of carbonyl (C=O) groups is 3. The smallest absolute Gasteiger partial charge is 0.408 e. The molecule has 1 aromatic heterocycles. The van der Waals surface area contributed by atoms with Gasteiger partial charge in [-0.2, -0.15) is 5.10 Å². The van der Waals surface area contributed by atoms with Gasteiger partial charge in [0, 0.05) is 0 Å². The lowest BCUT2D eigenvalue weighted by Gasteiger charge is -2.21. The molecule has 0 fully saturated rings. The van der Waals surface area contributed by atoms with E-state index in [9.17, 15) is 19.5 Å². The molecule has 0 spiro atoms. The average Bonchev–Trinajstić information content (AvgIpc) is 3.22. The zero-order valence-electron chi connectivity index (χ0n) is 18.2. The number of hydrogen-bond acceptors (Lipinski definition) is 6. The van der Waals surface area contributed by atoms with Crippen LogP contribution in [0.25, 0.3) is 5.69 Å². The van der Waals surface area contributed by atoms with Gasteiger partial charge in [-0.05, 0) is 23.6 Å². The molecule has 0 aliphatic rings. The van der Waals surface area contributed by atoms with Crippen LogP contribution in [0, 0.1) is 5.92 Å². The van der Waals surface area contributed by atoms with Crippen LogP contribution in [0.3, 0.4) is 0 Å². The molecule has 3 aromatic rings. The number of hydrazine groups is 1. The second-order valence-corrected chi connectivity index (χ2v) is 7.51. The van der Waals surface area contributed by atoms with Crippen molar-refractivity contribution in [2.45, 2.75) is 26.5 Å². The first-order chi connectivity index (χ1) is 15.8. The molecule has 10 nitrogen and oxygen atoms in total. The van der Waals surface area contributed by atoms with E-state index in [1.807, 2.05) is 36.4 Å². The van der Waals surface area contributed by atoms with Crippen LogP contribution >= 0.6 is 0 Å². The summed E-state index contributed by atoms with van der Waals surface area (Å²) in [5, 5.41) is 16.6. The van der Waals surface area contributed by atoms with E-state index in [0.717, 1.165) is 5.56 Å². The van der Waals surface area contributed by atoms with Gasteiger partial charge in [-0.1, -0.05) is 62.4 Å². The number of nitrogens with one attached hydrogen (secondary N) is 3. The normalized spacial score (nSPS) is 11.5. The molecular formula is C23H25N5O5. The second-order valence-electron chi connectivity index (χ2n) is 7.51. The summed E-state index contributed by atoms with van der Waals surface area (Å²) >= 11 is 0. The molecule has 0 saturated carbocycles. The highest BCUT2D eigenvalue weighted by molar-refractivity contribution is 5.96. The maximum Gasteiger partial charge on any atom is 0.408 e. The Balaban J connectivity index is 1.55. The topological polar surface area (TPSA) is 135 Å². The van der Waals surface area contributed by atoms with Crippen LogP contribution in [0.5, 0.6) is 5.75 Å². The Morgan fingerprint density at radius 3 is 2.27 bits per heavy atom. The molecule has 0 bridgehead atoms. The minimum Gasteiger partial charge on any atom is -0.504 e. The van der Waals surface area contributed by atoms with Crippen molar-refractivity contribution in [1.29, 1.82) is 0 Å². The lowest BCUT2D eigenvalue weighted by Crippen LogP contribution is -2.54. The number of nitrogens with zero attached hydrogens (tertiary/aromatic N) is 2. The first kappa shape index (κ1) is 23.3. The molecule has 172 valence electrons. The maximum atomic E-state index is 12.6. The number of amides is 3. The molecule has 1 atom stereocenters. The van der Waals surface area contributed by atoms with Gasteiger partial charge in [-0.3, -0.25) is 20.4 Å². The van der Waals surface area contributed by atoms with Crippen LogP contribution in [-0.2, 0) is 16.1 Å². The van der Waals surface area contributed by atoms with Crippen molar-refractivity contribution in [3.63, 3.8) is 0 Å². The predicted molar refractivity (Wildman–Crippen MR) is 119 cm³/mol.